The van der Waals surface area contributed by atoms with Crippen LogP contribution in [-0.2, 0) is 19.2 Å². The Balaban J connectivity index is 2.83. The number of aliphatic carboxylic acids is 1. The molecule has 3 amide bonds. The van der Waals surface area contributed by atoms with Crippen LogP contribution in [0.3, 0.4) is 0 Å². The summed E-state index contributed by atoms with van der Waals surface area (Å²) in [6.45, 7) is 0.674. The summed E-state index contributed by atoms with van der Waals surface area (Å²) in [7, 11) is 0. The lowest BCUT2D eigenvalue weighted by Crippen LogP contribution is -2.60. The Morgan fingerprint density at radius 2 is 1.89 bits per heavy atom. The Hall–Kier alpha value is -1.89. The Kier molecular flexibility index (Phi) is 8.96. The third-order valence-electron chi connectivity index (χ3n) is 4.21. The van der Waals surface area contributed by atoms with Crippen molar-refractivity contribution in [3.63, 3.8) is 0 Å². The van der Waals surface area contributed by atoms with Gasteiger partial charge in [0.15, 0.2) is 0 Å². The van der Waals surface area contributed by atoms with Gasteiger partial charge < -0.3 is 36.6 Å². The highest BCUT2D eigenvalue weighted by molar-refractivity contribution is 7.80. The lowest BCUT2D eigenvalue weighted by atomic mass is 10.1. The number of likely N-dealkylation sites (tertiary alicyclic amines) is 1. The first-order chi connectivity index (χ1) is 12.6. The number of carbonyl (C=O) groups excluding carboxylic acids is 3. The first kappa shape index (κ1) is 23.1. The fraction of sp³-hybridized carbons (Fsp3) is 0.733. The number of hydrogen-bond donors (Lipinski definition) is 7. The maximum absolute atomic E-state index is 12.5. The second-order valence-corrected chi connectivity index (χ2v) is 6.65. The molecule has 0 aromatic rings. The Morgan fingerprint density at radius 3 is 2.37 bits per heavy atom. The van der Waals surface area contributed by atoms with Crippen LogP contribution in [0.1, 0.15) is 19.8 Å². The van der Waals surface area contributed by atoms with E-state index in [4.69, 9.17) is 10.8 Å². The molecule has 0 spiro atoms. The number of nitrogens with zero attached hydrogens (tertiary/aromatic N) is 1. The summed E-state index contributed by atoms with van der Waals surface area (Å²) in [6, 6.07) is -4.85. The van der Waals surface area contributed by atoms with E-state index in [1.54, 1.807) is 0 Å². The van der Waals surface area contributed by atoms with Gasteiger partial charge in [0.05, 0.1) is 18.8 Å². The normalized spacial score (nSPS) is 21.1. The molecule has 1 fully saturated rings. The lowest BCUT2D eigenvalue weighted by Gasteiger charge is -2.28. The average molecular weight is 406 g/mol. The zero-order chi connectivity index (χ0) is 20.7. The number of carbonyl (C=O) groups is 4. The largest absolute Gasteiger partial charge is 0.480 e. The number of nitrogens with two attached hydrogens (primary N) is 1. The van der Waals surface area contributed by atoms with Gasteiger partial charge in [-0.1, -0.05) is 0 Å². The lowest BCUT2D eigenvalue weighted by molar-refractivity contribution is -0.150. The van der Waals surface area contributed by atoms with Crippen LogP contribution in [0, 0.1) is 0 Å². The first-order valence-electron chi connectivity index (χ1n) is 8.43. The topological polar surface area (TPSA) is 182 Å². The molecule has 0 aromatic carbocycles. The predicted octanol–water partition coefficient (Wildman–Crippen LogP) is -3.34. The highest BCUT2D eigenvalue weighted by atomic mass is 32.1. The fourth-order valence-electron chi connectivity index (χ4n) is 2.68. The van der Waals surface area contributed by atoms with E-state index < -0.39 is 60.6 Å². The van der Waals surface area contributed by atoms with E-state index in [2.05, 4.69) is 23.3 Å². The summed E-state index contributed by atoms with van der Waals surface area (Å²) in [5.41, 5.74) is 5.51. The molecule has 0 bridgehead atoms. The van der Waals surface area contributed by atoms with Gasteiger partial charge in [-0.15, -0.1) is 0 Å². The third kappa shape index (κ3) is 6.06. The van der Waals surface area contributed by atoms with Crippen molar-refractivity contribution in [1.29, 1.82) is 0 Å². The van der Waals surface area contributed by atoms with Crippen molar-refractivity contribution in [2.45, 2.75) is 50.0 Å². The van der Waals surface area contributed by atoms with Gasteiger partial charge >= 0.3 is 5.97 Å². The van der Waals surface area contributed by atoms with Crippen LogP contribution in [-0.4, -0.2) is 93.1 Å². The van der Waals surface area contributed by atoms with E-state index in [1.165, 1.54) is 6.92 Å². The number of nitrogens with one attached hydrogen (secondary N) is 2. The summed E-state index contributed by atoms with van der Waals surface area (Å²) in [4.78, 5) is 49.0. The molecule has 1 aliphatic heterocycles. The number of rotatable bonds is 9. The number of aliphatic hydroxyl groups is 2. The van der Waals surface area contributed by atoms with Crippen molar-refractivity contribution < 1.29 is 34.5 Å². The van der Waals surface area contributed by atoms with Crippen LogP contribution in [0.15, 0.2) is 0 Å². The Bertz CT molecular complexity index is 574. The highest BCUT2D eigenvalue weighted by Gasteiger charge is 2.38. The molecule has 0 saturated carbocycles. The number of carboxylic acids is 1. The molecule has 5 atom stereocenters. The number of carboxylic acid groups (broad SMARTS) is 1. The molecule has 12 heteroatoms. The monoisotopic (exact) mass is 406 g/mol. The fourth-order valence-corrected chi connectivity index (χ4v) is 2.85. The van der Waals surface area contributed by atoms with Crippen LogP contribution in [0.5, 0.6) is 0 Å². The summed E-state index contributed by atoms with van der Waals surface area (Å²) in [5.74, 6) is -3.53. The number of hydrogen-bond acceptors (Lipinski definition) is 8. The van der Waals surface area contributed by atoms with Gasteiger partial charge in [0.25, 0.3) is 0 Å². The molecule has 1 heterocycles. The summed E-state index contributed by atoms with van der Waals surface area (Å²) in [6.07, 6.45) is -0.543. The van der Waals surface area contributed by atoms with Crippen molar-refractivity contribution in [3.8, 4) is 0 Å². The highest BCUT2D eigenvalue weighted by Crippen LogP contribution is 2.18. The van der Waals surface area contributed by atoms with Crippen molar-refractivity contribution in [3.05, 3.63) is 0 Å². The van der Waals surface area contributed by atoms with Gasteiger partial charge in [-0.3, -0.25) is 14.4 Å². The molecular weight excluding hydrogens is 380 g/mol. The number of thiol groups is 1. The quantitative estimate of drug-likeness (QED) is 0.194. The molecule has 154 valence electrons. The average Bonchev–Trinajstić information content (AvgIpc) is 3.12. The minimum Gasteiger partial charge on any atom is -0.480 e. The SMILES string of the molecule is CC(O)C(NC(=O)C(N)CS)C(=O)NC(CO)C(=O)N1CCCC1C(=O)O. The second kappa shape index (κ2) is 10.4. The van der Waals surface area contributed by atoms with Crippen molar-refractivity contribution in [2.24, 2.45) is 5.73 Å². The minimum atomic E-state index is -1.42. The second-order valence-electron chi connectivity index (χ2n) is 6.29. The van der Waals surface area contributed by atoms with E-state index in [0.717, 1.165) is 4.90 Å². The molecule has 11 nitrogen and oxygen atoms in total. The Morgan fingerprint density at radius 1 is 1.26 bits per heavy atom. The van der Waals surface area contributed by atoms with Crippen molar-refractivity contribution >= 4 is 36.3 Å². The molecule has 27 heavy (non-hydrogen) atoms. The minimum absolute atomic E-state index is 0.0171. The van der Waals surface area contributed by atoms with E-state index in [0.29, 0.717) is 6.42 Å². The van der Waals surface area contributed by atoms with Crippen LogP contribution >= 0.6 is 12.6 Å². The van der Waals surface area contributed by atoms with Gasteiger partial charge in [0, 0.05) is 12.3 Å². The molecule has 1 rings (SSSR count). The standard InChI is InChI=1S/C15H26N4O7S/c1-7(21)11(18-12(22)8(16)6-27)13(23)17-9(5-20)14(24)19-4-2-3-10(19)15(25)26/h7-11,20-21,27H,2-6,16H2,1H3,(H,17,23)(H,18,22)(H,25,26). The smallest absolute Gasteiger partial charge is 0.326 e. The van der Waals surface area contributed by atoms with E-state index >= 15 is 0 Å². The zero-order valence-electron chi connectivity index (χ0n) is 14.9. The van der Waals surface area contributed by atoms with Gasteiger partial charge in [-0.05, 0) is 19.8 Å². The van der Waals surface area contributed by atoms with Crippen LogP contribution < -0.4 is 16.4 Å². The van der Waals surface area contributed by atoms with Gasteiger partial charge in [0.1, 0.15) is 18.1 Å². The van der Waals surface area contributed by atoms with E-state index in [9.17, 15) is 29.4 Å². The number of aliphatic hydroxyl groups excluding tert-OH is 2. The van der Waals surface area contributed by atoms with E-state index in [1.807, 2.05) is 0 Å². The molecule has 0 aliphatic carbocycles. The van der Waals surface area contributed by atoms with Crippen LogP contribution in [0.4, 0.5) is 0 Å². The molecule has 7 N–H and O–H groups in total. The zero-order valence-corrected chi connectivity index (χ0v) is 15.8. The summed E-state index contributed by atoms with van der Waals surface area (Å²) < 4.78 is 0. The number of amides is 3. The molecule has 0 aromatic heterocycles. The maximum Gasteiger partial charge on any atom is 0.326 e. The maximum atomic E-state index is 12.5. The van der Waals surface area contributed by atoms with Crippen LogP contribution in [0.2, 0.25) is 0 Å². The van der Waals surface area contributed by atoms with E-state index in [-0.39, 0.29) is 18.7 Å². The third-order valence-corrected chi connectivity index (χ3v) is 4.61. The van der Waals surface area contributed by atoms with Crippen LogP contribution in [0.25, 0.3) is 0 Å². The molecule has 1 saturated heterocycles. The molecule has 5 unspecified atom stereocenters. The van der Waals surface area contributed by atoms with Crippen molar-refractivity contribution in [1.82, 2.24) is 15.5 Å². The molecule has 1 aliphatic rings. The van der Waals surface area contributed by atoms with Gasteiger partial charge in [0.2, 0.25) is 17.7 Å². The van der Waals surface area contributed by atoms with Crippen molar-refractivity contribution in [2.75, 3.05) is 18.9 Å². The molecule has 0 radical (unpaired) electrons. The Labute approximate surface area is 161 Å². The van der Waals surface area contributed by atoms with Gasteiger partial charge in [-0.2, -0.15) is 12.6 Å². The summed E-state index contributed by atoms with van der Waals surface area (Å²) >= 11 is 3.87. The first-order valence-corrected chi connectivity index (χ1v) is 9.06. The predicted molar refractivity (Wildman–Crippen MR) is 96.8 cm³/mol. The van der Waals surface area contributed by atoms with Gasteiger partial charge in [-0.25, -0.2) is 4.79 Å². The molecular formula is C15H26N4O7S. The summed E-state index contributed by atoms with van der Waals surface area (Å²) in [5, 5.41) is 32.9.